The van der Waals surface area contributed by atoms with E-state index in [2.05, 4.69) is 0 Å². The minimum absolute atomic E-state index is 0.229. The molecule has 0 spiro atoms. The monoisotopic (exact) mass is 259 g/mol. The van der Waals surface area contributed by atoms with Crippen LogP contribution in [0.1, 0.15) is 6.23 Å². The minimum Gasteiger partial charge on any atom is -0.394 e. The van der Waals surface area contributed by atoms with Gasteiger partial charge in [0, 0.05) is 6.20 Å². The van der Waals surface area contributed by atoms with Gasteiger partial charge in [0.2, 0.25) is 0 Å². The number of hydrogen-bond donors (Lipinski definition) is 5. The number of nitrogens with zero attached hydrogens (tertiary/aromatic N) is 1. The topological polar surface area (TPSA) is 151 Å². The van der Waals surface area contributed by atoms with Crippen molar-refractivity contribution in [2.75, 3.05) is 12.3 Å². The Morgan fingerprint density at radius 1 is 1.39 bits per heavy atom. The number of anilines is 1. The van der Waals surface area contributed by atoms with E-state index >= 15 is 0 Å². The van der Waals surface area contributed by atoms with Crippen molar-refractivity contribution in [3.63, 3.8) is 0 Å². The van der Waals surface area contributed by atoms with E-state index in [1.807, 2.05) is 4.98 Å². The number of aliphatic hydroxyl groups excluding tert-OH is 3. The molecule has 9 nitrogen and oxygen atoms in total. The lowest BCUT2D eigenvalue weighted by atomic mass is 10.1. The van der Waals surface area contributed by atoms with Gasteiger partial charge in [-0.1, -0.05) is 0 Å². The van der Waals surface area contributed by atoms with Gasteiger partial charge in [-0.2, -0.15) is 0 Å². The van der Waals surface area contributed by atoms with Crippen molar-refractivity contribution in [1.82, 2.24) is 9.55 Å². The Morgan fingerprint density at radius 2 is 2.06 bits per heavy atom. The molecule has 0 aromatic carbocycles. The Labute approximate surface area is 100 Å². The van der Waals surface area contributed by atoms with Crippen molar-refractivity contribution in [2.45, 2.75) is 24.5 Å². The van der Waals surface area contributed by atoms with Gasteiger partial charge in [0.05, 0.1) is 6.61 Å². The molecule has 0 amide bonds. The Bertz CT molecular complexity index is 552. The Kier molecular flexibility index (Phi) is 3.22. The van der Waals surface area contributed by atoms with Crippen LogP contribution in [-0.2, 0) is 4.74 Å². The molecule has 1 aliphatic heterocycles. The van der Waals surface area contributed by atoms with Crippen LogP contribution in [-0.4, -0.2) is 49.8 Å². The van der Waals surface area contributed by atoms with Crippen LogP contribution in [0.2, 0.25) is 0 Å². The molecular formula is C9H13N3O6. The first kappa shape index (κ1) is 12.8. The summed E-state index contributed by atoms with van der Waals surface area (Å²) in [5.41, 5.74) is 3.55. The highest BCUT2D eigenvalue weighted by Gasteiger charge is 2.43. The maximum absolute atomic E-state index is 11.5. The highest BCUT2D eigenvalue weighted by molar-refractivity contribution is 5.30. The molecule has 0 aliphatic carbocycles. The van der Waals surface area contributed by atoms with Gasteiger partial charge in [-0.25, -0.2) is 4.79 Å². The summed E-state index contributed by atoms with van der Waals surface area (Å²) < 4.78 is 5.99. The van der Waals surface area contributed by atoms with Crippen LogP contribution >= 0.6 is 0 Å². The van der Waals surface area contributed by atoms with Gasteiger partial charge >= 0.3 is 5.69 Å². The van der Waals surface area contributed by atoms with Crippen molar-refractivity contribution in [3.8, 4) is 0 Å². The van der Waals surface area contributed by atoms with E-state index in [1.54, 1.807) is 0 Å². The third-order valence-corrected chi connectivity index (χ3v) is 2.79. The lowest BCUT2D eigenvalue weighted by Crippen LogP contribution is -2.38. The molecular weight excluding hydrogens is 246 g/mol. The van der Waals surface area contributed by atoms with Crippen LogP contribution in [0.25, 0.3) is 0 Å². The van der Waals surface area contributed by atoms with Gasteiger partial charge < -0.3 is 25.8 Å². The summed E-state index contributed by atoms with van der Waals surface area (Å²) in [5, 5.41) is 28.2. The third kappa shape index (κ3) is 1.93. The first-order valence-electron chi connectivity index (χ1n) is 5.19. The van der Waals surface area contributed by atoms with Gasteiger partial charge in [-0.05, 0) is 0 Å². The summed E-state index contributed by atoms with van der Waals surface area (Å²) in [6.45, 7) is -0.512. The molecule has 0 unspecified atom stereocenters. The first-order valence-corrected chi connectivity index (χ1v) is 5.19. The number of rotatable bonds is 2. The normalized spacial score (nSPS) is 31.7. The molecule has 1 saturated heterocycles. The van der Waals surface area contributed by atoms with Crippen LogP contribution in [0.4, 0.5) is 5.69 Å². The van der Waals surface area contributed by atoms with E-state index < -0.39 is 42.4 Å². The lowest BCUT2D eigenvalue weighted by Gasteiger charge is -2.17. The van der Waals surface area contributed by atoms with Gasteiger partial charge in [-0.3, -0.25) is 14.3 Å². The average Bonchev–Trinajstić information content (AvgIpc) is 2.61. The van der Waals surface area contributed by atoms with Crippen LogP contribution < -0.4 is 17.0 Å². The Balaban J connectivity index is 2.42. The standard InChI is InChI=1S/C9H13N3O6/c10-3-1-12(9(17)11-7(3)16)8-6(15)5(14)4(2-13)18-8/h1,4-6,8,13-15H,2,10H2,(H,11,16,17)/t4-,5+,6+,8+/m0/s1. The molecule has 4 atom stereocenters. The summed E-state index contributed by atoms with van der Waals surface area (Å²) in [7, 11) is 0. The van der Waals surface area contributed by atoms with Crippen LogP contribution in [0.5, 0.6) is 0 Å². The fourth-order valence-corrected chi connectivity index (χ4v) is 1.80. The van der Waals surface area contributed by atoms with Crippen LogP contribution in [0.3, 0.4) is 0 Å². The van der Waals surface area contributed by atoms with Gasteiger partial charge in [0.25, 0.3) is 5.56 Å². The lowest BCUT2D eigenvalue weighted by molar-refractivity contribution is -0.0549. The van der Waals surface area contributed by atoms with Crippen molar-refractivity contribution in [3.05, 3.63) is 27.0 Å². The number of nitrogen functional groups attached to an aromatic ring is 1. The smallest absolute Gasteiger partial charge is 0.330 e. The largest absolute Gasteiger partial charge is 0.394 e. The molecule has 2 heterocycles. The number of nitrogens with two attached hydrogens (primary N) is 1. The Morgan fingerprint density at radius 3 is 2.61 bits per heavy atom. The second-order valence-electron chi connectivity index (χ2n) is 3.98. The quantitative estimate of drug-likeness (QED) is 0.373. The fraction of sp³-hybridized carbons (Fsp3) is 0.556. The zero-order valence-electron chi connectivity index (χ0n) is 9.18. The number of H-pyrrole nitrogens is 1. The van der Waals surface area contributed by atoms with Crippen molar-refractivity contribution >= 4 is 5.69 Å². The zero-order valence-corrected chi connectivity index (χ0v) is 9.18. The summed E-state index contributed by atoms with van der Waals surface area (Å²) in [6, 6.07) is 0. The van der Waals surface area contributed by atoms with Crippen molar-refractivity contribution in [1.29, 1.82) is 0 Å². The van der Waals surface area contributed by atoms with Gasteiger partial charge in [0.1, 0.15) is 24.0 Å². The second kappa shape index (κ2) is 4.53. The second-order valence-corrected chi connectivity index (χ2v) is 3.98. The van der Waals surface area contributed by atoms with Gasteiger partial charge in [0.15, 0.2) is 6.23 Å². The number of aromatic amines is 1. The number of hydrogen-bond acceptors (Lipinski definition) is 7. The van der Waals surface area contributed by atoms with Crippen molar-refractivity contribution < 1.29 is 20.1 Å². The summed E-state index contributed by atoms with van der Waals surface area (Å²) in [4.78, 5) is 24.6. The molecule has 0 bridgehead atoms. The minimum atomic E-state index is -1.41. The SMILES string of the molecule is Nc1cn([C@@H]2O[C@@H](CO)[C@@H](O)[C@H]2O)c(=O)[nH]c1=O. The van der Waals surface area contributed by atoms with E-state index in [9.17, 15) is 19.8 Å². The average molecular weight is 259 g/mol. The molecule has 1 aromatic rings. The number of nitrogens with one attached hydrogen (secondary N) is 1. The molecule has 100 valence electrons. The van der Waals surface area contributed by atoms with Crippen molar-refractivity contribution in [2.24, 2.45) is 0 Å². The molecule has 2 rings (SSSR count). The van der Waals surface area contributed by atoms with E-state index in [0.717, 1.165) is 10.8 Å². The maximum Gasteiger partial charge on any atom is 0.330 e. The van der Waals surface area contributed by atoms with Gasteiger partial charge in [-0.15, -0.1) is 0 Å². The molecule has 0 radical (unpaired) electrons. The molecule has 6 N–H and O–H groups in total. The van der Waals surface area contributed by atoms with E-state index in [4.69, 9.17) is 15.6 Å². The number of aromatic nitrogens is 2. The number of ether oxygens (including phenoxy) is 1. The molecule has 0 saturated carbocycles. The molecule has 9 heteroatoms. The van der Waals surface area contributed by atoms with E-state index in [0.29, 0.717) is 0 Å². The third-order valence-electron chi connectivity index (χ3n) is 2.79. The summed E-state index contributed by atoms with van der Waals surface area (Å²) in [5.74, 6) is 0. The maximum atomic E-state index is 11.5. The van der Waals surface area contributed by atoms with E-state index in [1.165, 1.54) is 0 Å². The molecule has 1 fully saturated rings. The highest BCUT2D eigenvalue weighted by Crippen LogP contribution is 2.27. The van der Waals surface area contributed by atoms with Crippen LogP contribution in [0, 0.1) is 0 Å². The highest BCUT2D eigenvalue weighted by atomic mass is 16.6. The molecule has 18 heavy (non-hydrogen) atoms. The fourth-order valence-electron chi connectivity index (χ4n) is 1.80. The zero-order chi connectivity index (χ0) is 13.4. The molecule has 1 aromatic heterocycles. The Hall–Kier alpha value is -1.68. The predicted octanol–water partition coefficient (Wildman–Crippen LogP) is -3.27. The van der Waals surface area contributed by atoms with E-state index in [-0.39, 0.29) is 5.69 Å². The first-order chi connectivity index (χ1) is 8.45. The number of aliphatic hydroxyl groups is 3. The van der Waals surface area contributed by atoms with Crippen LogP contribution in [0.15, 0.2) is 15.8 Å². The predicted molar refractivity (Wildman–Crippen MR) is 58.7 cm³/mol. The summed E-state index contributed by atoms with van der Waals surface area (Å²) >= 11 is 0. The molecule has 1 aliphatic rings. The summed E-state index contributed by atoms with van der Waals surface area (Å²) in [6.07, 6.45) is -3.96.